The van der Waals surface area contributed by atoms with E-state index in [1.54, 1.807) is 4.57 Å². The fraction of sp³-hybridized carbons (Fsp3) is 0.722. The number of ether oxygens (including phenoxy) is 1. The molecular weight excluding hydrogens is 380 g/mol. The first-order chi connectivity index (χ1) is 13.0. The molecule has 2 aromatic rings. The highest BCUT2D eigenvalue weighted by Gasteiger charge is 2.65. The average Bonchev–Trinajstić information content (AvgIpc) is 3.15. The van der Waals surface area contributed by atoms with Crippen molar-refractivity contribution in [2.75, 3.05) is 6.61 Å². The summed E-state index contributed by atoms with van der Waals surface area (Å²) in [5.41, 5.74) is 0.237. The van der Waals surface area contributed by atoms with E-state index in [1.807, 2.05) is 0 Å². The standard InChI is InChI=1S/C18H28N4O5Si/c1-17(2,3)28(18(4,5)6)25-7-10-13(27-28)12(23)16(26-10)22-9-21-11-14(22)19-8-20-15(11)24/h8-10,12-13,16,23H,7H2,1-6H3,(H,19,20,24)/t10-,12-,13-,16?/m1/s1. The van der Waals surface area contributed by atoms with Crippen molar-refractivity contribution < 1.29 is 18.7 Å². The highest BCUT2D eigenvalue weighted by molar-refractivity contribution is 6.73. The number of nitrogens with zero attached hydrogens (tertiary/aromatic N) is 3. The lowest BCUT2D eigenvalue weighted by Crippen LogP contribution is -2.65. The highest BCUT2D eigenvalue weighted by atomic mass is 28.4. The molecule has 4 rings (SSSR count). The summed E-state index contributed by atoms with van der Waals surface area (Å²) in [6, 6.07) is 0. The second kappa shape index (κ2) is 6.20. The summed E-state index contributed by atoms with van der Waals surface area (Å²) in [6.45, 7) is 13.1. The van der Waals surface area contributed by atoms with Crippen LogP contribution in [0.1, 0.15) is 47.8 Å². The zero-order chi connectivity index (χ0) is 20.5. The Kier molecular flexibility index (Phi) is 4.36. The minimum Gasteiger partial charge on any atom is -0.391 e. The number of imidazole rings is 1. The number of H-pyrrole nitrogens is 1. The largest absolute Gasteiger partial charge is 0.391 e. The molecular formula is C18H28N4O5Si. The van der Waals surface area contributed by atoms with E-state index in [0.29, 0.717) is 12.3 Å². The van der Waals surface area contributed by atoms with E-state index in [-0.39, 0.29) is 21.2 Å². The molecule has 154 valence electrons. The topological polar surface area (TPSA) is 111 Å². The summed E-state index contributed by atoms with van der Waals surface area (Å²) in [7, 11) is -2.73. The van der Waals surface area contributed by atoms with E-state index in [0.717, 1.165) is 0 Å². The normalized spacial score (nSPS) is 30.5. The SMILES string of the molecule is CC(C)(C)[Si]1(C(C)(C)C)OC[C@H]2OC(n3cnc4c(=O)[nH]cnc43)[C@H](O)[C@@H]2O1. The van der Waals surface area contributed by atoms with Crippen LogP contribution in [0, 0.1) is 0 Å². The van der Waals surface area contributed by atoms with Crippen molar-refractivity contribution in [3.63, 3.8) is 0 Å². The van der Waals surface area contributed by atoms with Gasteiger partial charge in [0.1, 0.15) is 18.3 Å². The maximum absolute atomic E-state index is 11.9. The van der Waals surface area contributed by atoms with Gasteiger partial charge in [-0.05, 0) is 0 Å². The maximum Gasteiger partial charge on any atom is 0.349 e. The molecule has 4 atom stereocenters. The molecule has 9 nitrogen and oxygen atoms in total. The highest BCUT2D eigenvalue weighted by Crippen LogP contribution is 2.55. The van der Waals surface area contributed by atoms with Crippen LogP contribution in [0.3, 0.4) is 0 Å². The molecule has 2 fully saturated rings. The first kappa shape index (κ1) is 19.7. The van der Waals surface area contributed by atoms with Gasteiger partial charge in [-0.15, -0.1) is 0 Å². The third kappa shape index (κ3) is 2.70. The summed E-state index contributed by atoms with van der Waals surface area (Å²) < 4.78 is 20.7. The second-order valence-corrected chi connectivity index (χ2v) is 14.4. The van der Waals surface area contributed by atoms with Crippen LogP contribution in [0.25, 0.3) is 11.2 Å². The zero-order valence-corrected chi connectivity index (χ0v) is 18.1. The number of aliphatic hydroxyl groups is 1. The van der Waals surface area contributed by atoms with Gasteiger partial charge in [0, 0.05) is 10.1 Å². The fourth-order valence-corrected chi connectivity index (χ4v) is 9.58. The molecule has 0 bridgehead atoms. The van der Waals surface area contributed by atoms with Gasteiger partial charge < -0.3 is 23.7 Å². The van der Waals surface area contributed by atoms with Crippen LogP contribution >= 0.6 is 0 Å². The Hall–Kier alpha value is -1.59. The average molecular weight is 409 g/mol. The predicted molar refractivity (Wildman–Crippen MR) is 104 cm³/mol. The van der Waals surface area contributed by atoms with Gasteiger partial charge >= 0.3 is 8.56 Å². The molecule has 4 heterocycles. The molecule has 0 amide bonds. The lowest BCUT2D eigenvalue weighted by Gasteiger charge is -2.53. The molecule has 10 heteroatoms. The first-order valence-corrected chi connectivity index (χ1v) is 11.3. The van der Waals surface area contributed by atoms with E-state index in [9.17, 15) is 9.90 Å². The minimum atomic E-state index is -2.73. The Balaban J connectivity index is 1.70. The Morgan fingerprint density at radius 1 is 1.21 bits per heavy atom. The van der Waals surface area contributed by atoms with Crippen LogP contribution in [0.5, 0.6) is 0 Å². The Morgan fingerprint density at radius 2 is 1.89 bits per heavy atom. The molecule has 1 unspecified atom stereocenters. The van der Waals surface area contributed by atoms with Crippen molar-refractivity contribution in [3.8, 4) is 0 Å². The van der Waals surface area contributed by atoms with Crippen LogP contribution in [0.2, 0.25) is 10.1 Å². The van der Waals surface area contributed by atoms with E-state index < -0.39 is 33.1 Å². The van der Waals surface area contributed by atoms with Crippen molar-refractivity contribution in [1.82, 2.24) is 19.5 Å². The van der Waals surface area contributed by atoms with Gasteiger partial charge in [-0.25, -0.2) is 9.97 Å². The lowest BCUT2D eigenvalue weighted by atomic mass is 10.1. The van der Waals surface area contributed by atoms with Gasteiger partial charge in [0.2, 0.25) is 0 Å². The van der Waals surface area contributed by atoms with Crippen molar-refractivity contribution in [2.45, 2.75) is 76.2 Å². The van der Waals surface area contributed by atoms with Gasteiger partial charge in [-0.3, -0.25) is 9.36 Å². The van der Waals surface area contributed by atoms with Crippen molar-refractivity contribution in [3.05, 3.63) is 23.0 Å². The Labute approximate surface area is 164 Å². The van der Waals surface area contributed by atoms with Crippen LogP contribution in [-0.4, -0.2) is 58.1 Å². The number of aliphatic hydroxyl groups excluding tert-OH is 1. The number of aromatic nitrogens is 4. The number of rotatable bonds is 1. The van der Waals surface area contributed by atoms with E-state index in [1.165, 1.54) is 12.7 Å². The molecule has 2 aromatic heterocycles. The number of fused-ring (bicyclic) bond motifs is 2. The van der Waals surface area contributed by atoms with Crippen molar-refractivity contribution >= 4 is 19.7 Å². The molecule has 2 aliphatic heterocycles. The molecule has 0 spiro atoms. The lowest BCUT2D eigenvalue weighted by molar-refractivity contribution is -0.0795. The van der Waals surface area contributed by atoms with Crippen LogP contribution in [0.4, 0.5) is 0 Å². The molecule has 28 heavy (non-hydrogen) atoms. The third-order valence-corrected chi connectivity index (χ3v) is 10.8. The summed E-state index contributed by atoms with van der Waals surface area (Å²) in [5, 5.41) is 10.7. The molecule has 0 aliphatic carbocycles. The zero-order valence-electron chi connectivity index (χ0n) is 17.1. The summed E-state index contributed by atoms with van der Waals surface area (Å²) in [5.74, 6) is 0. The second-order valence-electron chi connectivity index (χ2n) is 9.62. The van der Waals surface area contributed by atoms with Gasteiger partial charge in [0.05, 0.1) is 19.3 Å². The molecule has 0 radical (unpaired) electrons. The fourth-order valence-electron chi connectivity index (χ4n) is 4.62. The quantitative estimate of drug-likeness (QED) is 0.693. The van der Waals surface area contributed by atoms with Gasteiger partial charge in [0.15, 0.2) is 17.4 Å². The Bertz CT molecular complexity index is 930. The van der Waals surface area contributed by atoms with Crippen LogP contribution < -0.4 is 5.56 Å². The van der Waals surface area contributed by atoms with Crippen LogP contribution in [-0.2, 0) is 13.6 Å². The van der Waals surface area contributed by atoms with E-state index in [4.69, 9.17) is 13.6 Å². The first-order valence-electron chi connectivity index (χ1n) is 9.52. The van der Waals surface area contributed by atoms with Gasteiger partial charge in [0.25, 0.3) is 5.56 Å². The summed E-state index contributed by atoms with van der Waals surface area (Å²) in [6.07, 6.45) is 0.199. The van der Waals surface area contributed by atoms with Gasteiger partial charge in [-0.1, -0.05) is 41.5 Å². The van der Waals surface area contributed by atoms with Crippen molar-refractivity contribution in [1.29, 1.82) is 0 Å². The van der Waals surface area contributed by atoms with Gasteiger partial charge in [-0.2, -0.15) is 0 Å². The number of hydrogen-bond donors (Lipinski definition) is 2. The number of hydrogen-bond acceptors (Lipinski definition) is 7. The molecule has 2 aliphatic rings. The third-order valence-electron chi connectivity index (χ3n) is 5.68. The van der Waals surface area contributed by atoms with Crippen LogP contribution in [0.15, 0.2) is 17.4 Å². The minimum absolute atomic E-state index is 0.190. The van der Waals surface area contributed by atoms with Crippen molar-refractivity contribution in [2.24, 2.45) is 0 Å². The number of aromatic amines is 1. The molecule has 2 N–H and O–H groups in total. The smallest absolute Gasteiger partial charge is 0.349 e. The Morgan fingerprint density at radius 3 is 2.54 bits per heavy atom. The number of nitrogens with one attached hydrogen (secondary N) is 1. The summed E-state index contributed by atoms with van der Waals surface area (Å²) in [4.78, 5) is 22.7. The molecule has 2 saturated heterocycles. The molecule has 0 saturated carbocycles. The monoisotopic (exact) mass is 408 g/mol. The predicted octanol–water partition coefficient (Wildman–Crippen LogP) is 1.84. The summed E-state index contributed by atoms with van der Waals surface area (Å²) >= 11 is 0. The maximum atomic E-state index is 11.9. The van der Waals surface area contributed by atoms with E-state index >= 15 is 0 Å². The molecule has 0 aromatic carbocycles. The van der Waals surface area contributed by atoms with E-state index in [2.05, 4.69) is 56.5 Å².